The average Bonchev–Trinajstić information content (AvgIpc) is 2.72. The van der Waals surface area contributed by atoms with Gasteiger partial charge < -0.3 is 5.32 Å². The summed E-state index contributed by atoms with van der Waals surface area (Å²) < 4.78 is 13.6. The second-order valence-corrected chi connectivity index (χ2v) is 6.26. The van der Waals surface area contributed by atoms with Crippen LogP contribution in [-0.4, -0.2) is 30.1 Å². The molecule has 3 heteroatoms. The van der Waals surface area contributed by atoms with E-state index in [4.69, 9.17) is 0 Å². The normalized spacial score (nSPS) is 30.0. The molecule has 104 valence electrons. The number of hydrogen-bond donors (Lipinski definition) is 1. The highest BCUT2D eigenvalue weighted by molar-refractivity contribution is 5.23. The fraction of sp³-hybridized carbons (Fsp3) is 0.625. The minimum absolute atomic E-state index is 0.0868. The first-order valence-corrected chi connectivity index (χ1v) is 7.33. The van der Waals surface area contributed by atoms with Crippen LogP contribution in [0, 0.1) is 12.7 Å². The first-order valence-electron chi connectivity index (χ1n) is 7.33. The second-order valence-electron chi connectivity index (χ2n) is 6.26. The van der Waals surface area contributed by atoms with Gasteiger partial charge in [0.1, 0.15) is 5.82 Å². The van der Waals surface area contributed by atoms with Gasteiger partial charge in [-0.2, -0.15) is 0 Å². The smallest absolute Gasteiger partial charge is 0.126 e. The zero-order valence-electron chi connectivity index (χ0n) is 11.8. The molecule has 2 nitrogen and oxygen atoms in total. The first-order chi connectivity index (χ1) is 9.11. The van der Waals surface area contributed by atoms with E-state index in [0.717, 1.165) is 17.7 Å². The second kappa shape index (κ2) is 5.22. The molecule has 0 aliphatic carbocycles. The Morgan fingerprint density at radius 1 is 1.26 bits per heavy atom. The molecular weight excluding hydrogens is 239 g/mol. The van der Waals surface area contributed by atoms with Crippen LogP contribution in [-0.2, 0) is 6.54 Å². The van der Waals surface area contributed by atoms with Crippen LogP contribution in [0.4, 0.5) is 4.39 Å². The number of benzene rings is 1. The van der Waals surface area contributed by atoms with Crippen molar-refractivity contribution in [2.45, 2.75) is 57.3 Å². The molecular formula is C16H23FN2. The maximum Gasteiger partial charge on any atom is 0.126 e. The van der Waals surface area contributed by atoms with Crippen LogP contribution in [0.3, 0.4) is 0 Å². The van der Waals surface area contributed by atoms with Gasteiger partial charge >= 0.3 is 0 Å². The number of nitrogens with one attached hydrogen (secondary N) is 1. The Morgan fingerprint density at radius 3 is 2.58 bits per heavy atom. The number of piperidine rings is 1. The highest BCUT2D eigenvalue weighted by Crippen LogP contribution is 2.29. The Balaban J connectivity index is 1.64. The molecule has 2 unspecified atom stereocenters. The number of fused-ring (bicyclic) bond motifs is 2. The fourth-order valence-electron chi connectivity index (χ4n) is 3.54. The molecule has 1 aromatic carbocycles. The van der Waals surface area contributed by atoms with E-state index in [-0.39, 0.29) is 5.82 Å². The van der Waals surface area contributed by atoms with Gasteiger partial charge in [0, 0.05) is 24.7 Å². The minimum Gasteiger partial charge on any atom is -0.311 e. The molecule has 2 aliphatic rings. The van der Waals surface area contributed by atoms with Crippen molar-refractivity contribution in [3.8, 4) is 0 Å². The molecule has 2 heterocycles. The maximum atomic E-state index is 13.6. The van der Waals surface area contributed by atoms with Gasteiger partial charge in [-0.15, -0.1) is 0 Å². The van der Waals surface area contributed by atoms with Gasteiger partial charge in [0.15, 0.2) is 0 Å². The molecule has 2 saturated heterocycles. The molecule has 0 spiro atoms. The summed E-state index contributed by atoms with van der Waals surface area (Å²) in [5.41, 5.74) is 1.81. The Kier molecular flexibility index (Phi) is 3.59. The Morgan fingerprint density at radius 2 is 1.95 bits per heavy atom. The van der Waals surface area contributed by atoms with Crippen molar-refractivity contribution in [1.82, 2.24) is 10.2 Å². The van der Waals surface area contributed by atoms with Crippen LogP contribution in [0.2, 0.25) is 0 Å². The Hall–Kier alpha value is -0.930. The van der Waals surface area contributed by atoms with Crippen molar-refractivity contribution in [2.24, 2.45) is 0 Å². The predicted molar refractivity (Wildman–Crippen MR) is 75.6 cm³/mol. The monoisotopic (exact) mass is 262 g/mol. The van der Waals surface area contributed by atoms with Crippen LogP contribution < -0.4 is 5.32 Å². The summed E-state index contributed by atoms with van der Waals surface area (Å²) in [4.78, 5) is 2.40. The molecule has 2 fully saturated rings. The Bertz CT molecular complexity index is 448. The molecule has 0 aromatic heterocycles. The molecule has 0 saturated carbocycles. The number of halogens is 1. The summed E-state index contributed by atoms with van der Waals surface area (Å²) >= 11 is 0. The van der Waals surface area contributed by atoms with Crippen molar-refractivity contribution >= 4 is 0 Å². The number of nitrogens with zero attached hydrogens (tertiary/aromatic N) is 1. The molecule has 3 rings (SSSR count). The molecule has 19 heavy (non-hydrogen) atoms. The van der Waals surface area contributed by atoms with E-state index in [9.17, 15) is 4.39 Å². The third-order valence-electron chi connectivity index (χ3n) is 4.74. The zero-order valence-corrected chi connectivity index (χ0v) is 11.8. The van der Waals surface area contributed by atoms with Crippen molar-refractivity contribution in [1.29, 1.82) is 0 Å². The molecule has 2 atom stereocenters. The van der Waals surface area contributed by atoms with E-state index in [0.29, 0.717) is 18.1 Å². The number of hydrogen-bond acceptors (Lipinski definition) is 2. The third kappa shape index (κ3) is 2.82. The largest absolute Gasteiger partial charge is 0.311 e. The summed E-state index contributed by atoms with van der Waals surface area (Å²) in [6.07, 6.45) is 5.13. The summed E-state index contributed by atoms with van der Waals surface area (Å²) in [5.74, 6) is -0.0868. The lowest BCUT2D eigenvalue weighted by molar-refractivity contribution is 0.166. The molecule has 1 N–H and O–H groups in total. The van der Waals surface area contributed by atoms with E-state index >= 15 is 0 Å². The highest BCUT2D eigenvalue weighted by atomic mass is 19.1. The SMILES string of the molecule is Cc1ccc(CN(C)C2CC3CCC(C2)N3)cc1F. The van der Waals surface area contributed by atoms with Gasteiger partial charge in [0.25, 0.3) is 0 Å². The van der Waals surface area contributed by atoms with Crippen LogP contribution in [0.1, 0.15) is 36.8 Å². The average molecular weight is 262 g/mol. The van der Waals surface area contributed by atoms with Crippen LogP contribution in [0.15, 0.2) is 18.2 Å². The van der Waals surface area contributed by atoms with Crippen LogP contribution >= 0.6 is 0 Å². The van der Waals surface area contributed by atoms with Gasteiger partial charge in [0.2, 0.25) is 0 Å². The lowest BCUT2D eigenvalue weighted by Crippen LogP contribution is -2.46. The van der Waals surface area contributed by atoms with E-state index in [2.05, 4.69) is 17.3 Å². The van der Waals surface area contributed by atoms with E-state index in [1.807, 2.05) is 19.1 Å². The van der Waals surface area contributed by atoms with Gasteiger partial charge in [-0.05, 0) is 56.8 Å². The number of rotatable bonds is 3. The van der Waals surface area contributed by atoms with E-state index < -0.39 is 0 Å². The van der Waals surface area contributed by atoms with Crippen LogP contribution in [0.5, 0.6) is 0 Å². The zero-order chi connectivity index (χ0) is 13.4. The van der Waals surface area contributed by atoms with Gasteiger partial charge in [-0.3, -0.25) is 4.90 Å². The van der Waals surface area contributed by atoms with E-state index in [1.54, 1.807) is 6.07 Å². The van der Waals surface area contributed by atoms with Gasteiger partial charge in [-0.25, -0.2) is 4.39 Å². The lowest BCUT2D eigenvalue weighted by Gasteiger charge is -2.35. The minimum atomic E-state index is -0.0868. The van der Waals surface area contributed by atoms with Crippen molar-refractivity contribution in [3.05, 3.63) is 35.1 Å². The Labute approximate surface area is 115 Å². The summed E-state index contributed by atoms with van der Waals surface area (Å²) in [7, 11) is 2.17. The third-order valence-corrected chi connectivity index (χ3v) is 4.74. The van der Waals surface area contributed by atoms with Crippen molar-refractivity contribution in [2.75, 3.05) is 7.05 Å². The quantitative estimate of drug-likeness (QED) is 0.901. The topological polar surface area (TPSA) is 15.3 Å². The van der Waals surface area contributed by atoms with Crippen LogP contribution in [0.25, 0.3) is 0 Å². The fourth-order valence-corrected chi connectivity index (χ4v) is 3.54. The summed E-state index contributed by atoms with van der Waals surface area (Å²) in [6, 6.07) is 7.67. The van der Waals surface area contributed by atoms with E-state index in [1.165, 1.54) is 25.7 Å². The summed E-state index contributed by atoms with van der Waals surface area (Å²) in [5, 5.41) is 3.67. The lowest BCUT2D eigenvalue weighted by atomic mass is 9.98. The molecule has 2 aliphatic heterocycles. The van der Waals surface area contributed by atoms with Crippen molar-refractivity contribution in [3.63, 3.8) is 0 Å². The molecule has 0 radical (unpaired) electrons. The van der Waals surface area contributed by atoms with Gasteiger partial charge in [0.05, 0.1) is 0 Å². The number of aryl methyl sites for hydroxylation is 1. The molecule has 2 bridgehead atoms. The molecule has 1 aromatic rings. The van der Waals surface area contributed by atoms with Gasteiger partial charge in [-0.1, -0.05) is 12.1 Å². The molecule has 0 amide bonds. The summed E-state index contributed by atoms with van der Waals surface area (Å²) in [6.45, 7) is 2.66. The van der Waals surface area contributed by atoms with Crippen molar-refractivity contribution < 1.29 is 4.39 Å². The first kappa shape index (κ1) is 13.1. The maximum absolute atomic E-state index is 13.6. The highest BCUT2D eigenvalue weighted by Gasteiger charge is 2.34. The standard InChI is InChI=1S/C16H23FN2/c1-11-3-4-12(7-16(11)17)10-19(2)15-8-13-5-6-14(9-15)18-13/h3-4,7,13-15,18H,5-6,8-10H2,1-2H3. The predicted octanol–water partition coefficient (Wildman–Crippen LogP) is 2.85.